The molecule has 0 aliphatic carbocycles. The Morgan fingerprint density at radius 2 is 2.31 bits per heavy atom. The summed E-state index contributed by atoms with van der Waals surface area (Å²) < 4.78 is 0. The van der Waals surface area contributed by atoms with E-state index in [2.05, 4.69) is 23.1 Å². The third-order valence-corrected chi connectivity index (χ3v) is 5.23. The van der Waals surface area contributed by atoms with Crippen molar-refractivity contribution in [3.63, 3.8) is 0 Å². The maximum absolute atomic E-state index is 6.13. The molecule has 0 aromatic heterocycles. The van der Waals surface area contributed by atoms with Crippen molar-refractivity contribution in [2.45, 2.75) is 18.4 Å². The summed E-state index contributed by atoms with van der Waals surface area (Å²) in [5.74, 6) is 2.02. The first-order chi connectivity index (χ1) is 7.73. The van der Waals surface area contributed by atoms with E-state index in [0.29, 0.717) is 5.54 Å². The van der Waals surface area contributed by atoms with Crippen molar-refractivity contribution < 1.29 is 0 Å². The number of nitrogens with two attached hydrogens (primary N) is 1. The van der Waals surface area contributed by atoms with Gasteiger partial charge in [-0.1, -0.05) is 0 Å². The highest BCUT2D eigenvalue weighted by Crippen LogP contribution is 2.38. The van der Waals surface area contributed by atoms with Crippen molar-refractivity contribution >= 4 is 11.8 Å². The molecule has 0 saturated carbocycles. The summed E-state index contributed by atoms with van der Waals surface area (Å²) in [6, 6.07) is 0. The summed E-state index contributed by atoms with van der Waals surface area (Å²) in [5, 5.41) is 0. The van der Waals surface area contributed by atoms with Crippen LogP contribution in [0.5, 0.6) is 0 Å². The molecule has 2 heterocycles. The van der Waals surface area contributed by atoms with Crippen LogP contribution in [0.2, 0.25) is 0 Å². The van der Waals surface area contributed by atoms with Gasteiger partial charge in [0.1, 0.15) is 0 Å². The zero-order valence-corrected chi connectivity index (χ0v) is 11.4. The van der Waals surface area contributed by atoms with E-state index >= 15 is 0 Å². The maximum atomic E-state index is 6.13. The molecule has 2 aliphatic heterocycles. The predicted molar refractivity (Wildman–Crippen MR) is 72.0 cm³/mol. The van der Waals surface area contributed by atoms with Gasteiger partial charge in [-0.3, -0.25) is 4.90 Å². The van der Waals surface area contributed by atoms with Crippen molar-refractivity contribution in [2.75, 3.05) is 51.8 Å². The second-order valence-electron chi connectivity index (χ2n) is 5.26. The van der Waals surface area contributed by atoms with Crippen LogP contribution in [0.1, 0.15) is 12.8 Å². The summed E-state index contributed by atoms with van der Waals surface area (Å²) in [7, 11) is 2.27. The van der Waals surface area contributed by atoms with Gasteiger partial charge in [0.05, 0.1) is 0 Å². The van der Waals surface area contributed by atoms with E-state index in [1.165, 1.54) is 44.8 Å². The fourth-order valence-corrected chi connectivity index (χ4v) is 3.86. The van der Waals surface area contributed by atoms with Gasteiger partial charge in [-0.15, -0.1) is 0 Å². The molecule has 94 valence electrons. The molecule has 2 saturated heterocycles. The molecule has 2 bridgehead atoms. The molecule has 4 heteroatoms. The number of likely N-dealkylation sites (N-methyl/N-ethyl adjacent to an activating group) is 1. The highest BCUT2D eigenvalue weighted by atomic mass is 32.2. The Morgan fingerprint density at radius 1 is 1.50 bits per heavy atom. The van der Waals surface area contributed by atoms with Gasteiger partial charge in [-0.05, 0) is 45.2 Å². The van der Waals surface area contributed by atoms with Crippen molar-refractivity contribution in [2.24, 2.45) is 11.7 Å². The van der Waals surface area contributed by atoms with Gasteiger partial charge in [0.15, 0.2) is 0 Å². The Morgan fingerprint density at radius 3 is 3.00 bits per heavy atom. The molecule has 0 amide bonds. The van der Waals surface area contributed by atoms with Gasteiger partial charge in [-0.25, -0.2) is 0 Å². The third-order valence-electron chi connectivity index (χ3n) is 4.64. The lowest BCUT2D eigenvalue weighted by Gasteiger charge is -2.48. The van der Waals surface area contributed by atoms with Gasteiger partial charge in [-0.2, -0.15) is 11.8 Å². The van der Waals surface area contributed by atoms with Crippen LogP contribution in [0.25, 0.3) is 0 Å². The quantitative estimate of drug-likeness (QED) is 0.771. The number of fused-ring (bicyclic) bond motifs is 2. The summed E-state index contributed by atoms with van der Waals surface area (Å²) in [5.41, 5.74) is 6.42. The van der Waals surface area contributed by atoms with Crippen LogP contribution in [-0.4, -0.2) is 67.1 Å². The standard InChI is InChI=1S/C12H25N3S/c1-14(7-8-16-2)12(10-13)4-6-15-5-3-11(12)9-15/h11H,3-10,13H2,1-2H3. The molecule has 3 unspecified atom stereocenters. The first kappa shape index (κ1) is 12.7. The van der Waals surface area contributed by atoms with Crippen LogP contribution in [-0.2, 0) is 0 Å². The second kappa shape index (κ2) is 5.25. The first-order valence-corrected chi connectivity index (χ1v) is 7.75. The first-order valence-electron chi connectivity index (χ1n) is 6.35. The van der Waals surface area contributed by atoms with Crippen LogP contribution in [0, 0.1) is 5.92 Å². The molecule has 3 nitrogen and oxygen atoms in total. The topological polar surface area (TPSA) is 32.5 Å². The molecule has 3 atom stereocenters. The van der Waals surface area contributed by atoms with Gasteiger partial charge in [0.25, 0.3) is 0 Å². The molecular weight excluding hydrogens is 218 g/mol. The van der Waals surface area contributed by atoms with Crippen LogP contribution < -0.4 is 5.73 Å². The summed E-state index contributed by atoms with van der Waals surface area (Å²) in [6.07, 6.45) is 4.79. The van der Waals surface area contributed by atoms with E-state index in [-0.39, 0.29) is 0 Å². The minimum Gasteiger partial charge on any atom is -0.329 e. The van der Waals surface area contributed by atoms with E-state index in [1.54, 1.807) is 0 Å². The van der Waals surface area contributed by atoms with Crippen molar-refractivity contribution in [1.82, 2.24) is 9.80 Å². The van der Waals surface area contributed by atoms with Crippen LogP contribution in [0.3, 0.4) is 0 Å². The largest absolute Gasteiger partial charge is 0.329 e. The third kappa shape index (κ3) is 2.13. The molecule has 2 aliphatic rings. The number of rotatable bonds is 5. The summed E-state index contributed by atoms with van der Waals surface area (Å²) >= 11 is 1.93. The SMILES string of the molecule is CSCCN(C)C1(CN)CCN2CCC1C2. The zero-order valence-electron chi connectivity index (χ0n) is 10.6. The lowest BCUT2D eigenvalue weighted by Crippen LogP contribution is -2.61. The molecule has 0 spiro atoms. The Balaban J connectivity index is 2.05. The minimum absolute atomic E-state index is 0.294. The van der Waals surface area contributed by atoms with Gasteiger partial charge in [0.2, 0.25) is 0 Å². The van der Waals surface area contributed by atoms with Gasteiger partial charge in [0, 0.05) is 30.9 Å². The molecular formula is C12H25N3S. The van der Waals surface area contributed by atoms with E-state index in [0.717, 1.165) is 12.5 Å². The molecule has 0 aromatic rings. The van der Waals surface area contributed by atoms with E-state index in [1.807, 2.05) is 11.8 Å². The van der Waals surface area contributed by atoms with Crippen LogP contribution in [0.15, 0.2) is 0 Å². The molecule has 0 radical (unpaired) electrons. The van der Waals surface area contributed by atoms with Crippen molar-refractivity contribution in [3.05, 3.63) is 0 Å². The van der Waals surface area contributed by atoms with Crippen LogP contribution in [0.4, 0.5) is 0 Å². The fraction of sp³-hybridized carbons (Fsp3) is 1.00. The fourth-order valence-electron chi connectivity index (χ4n) is 3.41. The number of nitrogens with zero attached hydrogens (tertiary/aromatic N) is 2. The summed E-state index contributed by atoms with van der Waals surface area (Å²) in [6.45, 7) is 5.83. The Hall–Kier alpha value is 0.230. The van der Waals surface area contributed by atoms with Gasteiger partial charge < -0.3 is 10.6 Å². The van der Waals surface area contributed by atoms with E-state index in [9.17, 15) is 0 Å². The molecule has 16 heavy (non-hydrogen) atoms. The molecule has 2 N–H and O–H groups in total. The lowest BCUT2D eigenvalue weighted by molar-refractivity contribution is 0.0313. The summed E-state index contributed by atoms with van der Waals surface area (Å²) in [4.78, 5) is 5.15. The Kier molecular flexibility index (Phi) is 4.16. The number of piperidine rings is 1. The second-order valence-corrected chi connectivity index (χ2v) is 6.24. The molecule has 0 aromatic carbocycles. The zero-order chi connectivity index (χ0) is 11.6. The lowest BCUT2D eigenvalue weighted by atomic mass is 9.77. The Labute approximate surface area is 104 Å². The Bertz CT molecular complexity index is 236. The maximum Gasteiger partial charge on any atom is 0.0381 e. The van der Waals surface area contributed by atoms with E-state index in [4.69, 9.17) is 5.73 Å². The smallest absolute Gasteiger partial charge is 0.0381 e. The highest BCUT2D eigenvalue weighted by Gasteiger charge is 2.47. The number of hydrogen-bond donors (Lipinski definition) is 1. The number of thioether (sulfide) groups is 1. The average molecular weight is 243 g/mol. The van der Waals surface area contributed by atoms with Gasteiger partial charge >= 0.3 is 0 Å². The monoisotopic (exact) mass is 243 g/mol. The predicted octanol–water partition coefficient (Wildman–Crippen LogP) is 0.704. The minimum atomic E-state index is 0.294. The van der Waals surface area contributed by atoms with Crippen LogP contribution >= 0.6 is 11.8 Å². The normalized spacial score (nSPS) is 38.2. The van der Waals surface area contributed by atoms with E-state index < -0.39 is 0 Å². The average Bonchev–Trinajstić information content (AvgIpc) is 2.71. The molecule has 2 fully saturated rings. The molecule has 2 rings (SSSR count). The number of hydrogen-bond acceptors (Lipinski definition) is 4. The highest BCUT2D eigenvalue weighted by molar-refractivity contribution is 7.98. The van der Waals surface area contributed by atoms with Crippen molar-refractivity contribution in [1.29, 1.82) is 0 Å². The van der Waals surface area contributed by atoms with Crippen molar-refractivity contribution in [3.8, 4) is 0 Å².